The van der Waals surface area contributed by atoms with Crippen LogP contribution in [0.5, 0.6) is 0 Å². The van der Waals surface area contributed by atoms with E-state index in [0.29, 0.717) is 22.7 Å². The van der Waals surface area contributed by atoms with E-state index in [1.165, 1.54) is 0 Å². The highest BCUT2D eigenvalue weighted by atomic mass is 35.5. The smallest absolute Gasteiger partial charge is 0.245 e. The number of nitrogens with zero attached hydrogens (tertiary/aromatic N) is 2. The molecule has 0 spiro atoms. The number of hydrogen-bond donors (Lipinski definition) is 1. The third-order valence-electron chi connectivity index (χ3n) is 2.85. The summed E-state index contributed by atoms with van der Waals surface area (Å²) >= 11 is 7.76. The minimum Gasteiger partial charge on any atom is -0.376 e. The molecule has 0 saturated heterocycles. The van der Waals surface area contributed by atoms with E-state index in [0.717, 1.165) is 23.7 Å². The molecule has 1 atom stereocenters. The van der Waals surface area contributed by atoms with Crippen molar-refractivity contribution in [1.82, 2.24) is 10.1 Å². The number of nitrogens with one attached hydrogen (secondary N) is 1. The fourth-order valence-corrected chi connectivity index (χ4v) is 2.51. The molecule has 0 aliphatic heterocycles. The Balaban J connectivity index is 1.83. The maximum atomic E-state index is 5.92. The van der Waals surface area contributed by atoms with E-state index in [4.69, 9.17) is 16.1 Å². The van der Waals surface area contributed by atoms with Crippen LogP contribution in [0.4, 0.5) is 5.69 Å². The molecule has 2 aromatic rings. The molecule has 1 aromatic carbocycles. The highest BCUT2D eigenvalue weighted by Gasteiger charge is 2.08. The van der Waals surface area contributed by atoms with Gasteiger partial charge in [0.2, 0.25) is 5.89 Å². The second-order valence-corrected chi connectivity index (χ2v) is 6.36. The normalized spacial score (nSPS) is 12.3. The lowest BCUT2D eigenvalue weighted by Gasteiger charge is -2.04. The molecule has 0 saturated carbocycles. The van der Waals surface area contributed by atoms with E-state index in [9.17, 15) is 0 Å². The molecule has 6 heteroatoms. The molecule has 0 aliphatic rings. The Morgan fingerprint density at radius 2 is 2.30 bits per heavy atom. The van der Waals surface area contributed by atoms with Gasteiger partial charge in [0.15, 0.2) is 5.82 Å². The summed E-state index contributed by atoms with van der Waals surface area (Å²) in [7, 11) is 0. The van der Waals surface area contributed by atoms with Crippen molar-refractivity contribution in [2.45, 2.75) is 37.8 Å². The molecule has 20 heavy (non-hydrogen) atoms. The lowest BCUT2D eigenvalue weighted by Crippen LogP contribution is -2.00. The lowest BCUT2D eigenvalue weighted by molar-refractivity contribution is 0.379. The molecular weight excluding hydrogens is 294 g/mol. The summed E-state index contributed by atoms with van der Waals surface area (Å²) in [5.74, 6) is 2.12. The molecular formula is C14H18ClN3OS. The Kier molecular flexibility index (Phi) is 5.73. The first-order chi connectivity index (χ1) is 9.67. The van der Waals surface area contributed by atoms with Gasteiger partial charge in [0.25, 0.3) is 0 Å². The van der Waals surface area contributed by atoms with Gasteiger partial charge in [-0.1, -0.05) is 36.7 Å². The zero-order chi connectivity index (χ0) is 14.4. The van der Waals surface area contributed by atoms with Gasteiger partial charge in [0, 0.05) is 16.0 Å². The largest absolute Gasteiger partial charge is 0.376 e. The zero-order valence-corrected chi connectivity index (χ0v) is 13.2. The number of aromatic nitrogens is 2. The summed E-state index contributed by atoms with van der Waals surface area (Å²) in [5.41, 5.74) is 0.936. The highest BCUT2D eigenvalue weighted by molar-refractivity contribution is 7.99. The predicted octanol–water partition coefficient (Wildman–Crippen LogP) is 4.37. The van der Waals surface area contributed by atoms with Gasteiger partial charge in [-0.2, -0.15) is 16.7 Å². The first kappa shape index (κ1) is 15.2. The molecule has 1 unspecified atom stereocenters. The van der Waals surface area contributed by atoms with Crippen LogP contribution in [0.3, 0.4) is 0 Å². The van der Waals surface area contributed by atoms with Crippen molar-refractivity contribution >= 4 is 29.1 Å². The van der Waals surface area contributed by atoms with Gasteiger partial charge in [-0.25, -0.2) is 0 Å². The number of halogens is 1. The Labute approximate surface area is 128 Å². The van der Waals surface area contributed by atoms with Gasteiger partial charge in [0.05, 0.1) is 12.3 Å². The fourth-order valence-electron chi connectivity index (χ4n) is 1.53. The molecule has 4 nitrogen and oxygen atoms in total. The van der Waals surface area contributed by atoms with Crippen molar-refractivity contribution in [3.05, 3.63) is 41.0 Å². The van der Waals surface area contributed by atoms with Gasteiger partial charge < -0.3 is 9.84 Å². The van der Waals surface area contributed by atoms with Crippen LogP contribution in [0.25, 0.3) is 0 Å². The highest BCUT2D eigenvalue weighted by Crippen LogP contribution is 2.18. The average molecular weight is 312 g/mol. The predicted molar refractivity (Wildman–Crippen MR) is 84.1 cm³/mol. The maximum absolute atomic E-state index is 5.92. The number of benzene rings is 1. The summed E-state index contributed by atoms with van der Waals surface area (Å²) in [6.45, 7) is 4.88. The van der Waals surface area contributed by atoms with Gasteiger partial charge in [0.1, 0.15) is 0 Å². The van der Waals surface area contributed by atoms with Crippen molar-refractivity contribution in [2.24, 2.45) is 0 Å². The monoisotopic (exact) mass is 311 g/mol. The molecule has 2 rings (SSSR count). The molecule has 0 fully saturated rings. The minimum absolute atomic E-state index is 0.501. The van der Waals surface area contributed by atoms with E-state index >= 15 is 0 Å². The van der Waals surface area contributed by atoms with E-state index in [1.54, 1.807) is 0 Å². The van der Waals surface area contributed by atoms with E-state index in [2.05, 4.69) is 29.3 Å². The van der Waals surface area contributed by atoms with E-state index in [-0.39, 0.29) is 0 Å². The third kappa shape index (κ3) is 4.72. The topological polar surface area (TPSA) is 51.0 Å². The molecule has 1 N–H and O–H groups in total. The number of thioether (sulfide) groups is 1. The van der Waals surface area contributed by atoms with Crippen molar-refractivity contribution < 1.29 is 4.52 Å². The second-order valence-electron chi connectivity index (χ2n) is 4.50. The van der Waals surface area contributed by atoms with E-state index < -0.39 is 0 Å². The summed E-state index contributed by atoms with van der Waals surface area (Å²) in [5, 5.41) is 8.50. The Bertz CT molecular complexity index is 547. The molecule has 0 radical (unpaired) electrons. The summed E-state index contributed by atoms with van der Waals surface area (Å²) in [6, 6.07) is 7.54. The first-order valence-corrected chi connectivity index (χ1v) is 8.02. The van der Waals surface area contributed by atoms with Gasteiger partial charge in [-0.15, -0.1) is 0 Å². The van der Waals surface area contributed by atoms with Crippen molar-refractivity contribution in [2.75, 3.05) is 5.32 Å². The number of anilines is 1. The van der Waals surface area contributed by atoms with Gasteiger partial charge in [-0.05, 0) is 24.6 Å². The maximum Gasteiger partial charge on any atom is 0.245 e. The molecule has 0 amide bonds. The Morgan fingerprint density at radius 3 is 3.05 bits per heavy atom. The molecule has 0 aliphatic carbocycles. The summed E-state index contributed by atoms with van der Waals surface area (Å²) in [4.78, 5) is 4.36. The van der Waals surface area contributed by atoms with Crippen LogP contribution in [0.2, 0.25) is 5.02 Å². The molecule has 0 bridgehead atoms. The van der Waals surface area contributed by atoms with Crippen LogP contribution in [-0.4, -0.2) is 15.4 Å². The number of rotatable bonds is 7. The van der Waals surface area contributed by atoms with Crippen molar-refractivity contribution in [1.29, 1.82) is 0 Å². The quantitative estimate of drug-likeness (QED) is 0.823. The lowest BCUT2D eigenvalue weighted by atomic mass is 10.3. The number of hydrogen-bond acceptors (Lipinski definition) is 5. The second kappa shape index (κ2) is 7.55. The van der Waals surface area contributed by atoms with Gasteiger partial charge >= 0.3 is 0 Å². The van der Waals surface area contributed by atoms with Crippen LogP contribution >= 0.6 is 23.4 Å². The average Bonchev–Trinajstić information content (AvgIpc) is 2.90. The first-order valence-electron chi connectivity index (χ1n) is 6.60. The summed E-state index contributed by atoms with van der Waals surface area (Å²) in [6.07, 6.45) is 1.14. The van der Waals surface area contributed by atoms with Crippen LogP contribution in [-0.2, 0) is 12.3 Å². The molecule has 108 valence electrons. The van der Waals surface area contributed by atoms with Crippen LogP contribution in [0, 0.1) is 0 Å². The SMILES string of the molecule is CCC(C)SCc1noc(CNc2cccc(Cl)c2)n1. The van der Waals surface area contributed by atoms with Gasteiger partial charge in [-0.3, -0.25) is 0 Å². The van der Waals surface area contributed by atoms with Crippen LogP contribution < -0.4 is 5.32 Å². The van der Waals surface area contributed by atoms with E-state index in [1.807, 2.05) is 36.0 Å². The standard InChI is InChI=1S/C14H18ClN3OS/c1-3-10(2)20-9-13-17-14(19-18-13)8-16-12-6-4-5-11(15)7-12/h4-7,10,16H,3,8-9H2,1-2H3. The fraction of sp³-hybridized carbons (Fsp3) is 0.429. The molecule has 1 heterocycles. The van der Waals surface area contributed by atoms with Crippen molar-refractivity contribution in [3.63, 3.8) is 0 Å². The minimum atomic E-state index is 0.501. The molecule has 1 aromatic heterocycles. The Morgan fingerprint density at radius 1 is 1.45 bits per heavy atom. The third-order valence-corrected chi connectivity index (χ3v) is 4.41. The van der Waals surface area contributed by atoms with Crippen LogP contribution in [0.1, 0.15) is 32.0 Å². The van der Waals surface area contributed by atoms with Crippen molar-refractivity contribution in [3.8, 4) is 0 Å². The van der Waals surface area contributed by atoms with Crippen LogP contribution in [0.15, 0.2) is 28.8 Å². The zero-order valence-electron chi connectivity index (χ0n) is 11.6. The Hall–Kier alpha value is -1.20. The summed E-state index contributed by atoms with van der Waals surface area (Å²) < 4.78 is 5.21.